The Hall–Kier alpha value is -12.1. The van der Waals surface area contributed by atoms with Gasteiger partial charge in [-0.1, -0.05) is 36.4 Å². The number of nitrogens with one attached hydrogen (secondary N) is 6. The van der Waals surface area contributed by atoms with Gasteiger partial charge in [-0.05, 0) is 133 Å². The smallest absolute Gasteiger partial charge is 0.333 e. The summed E-state index contributed by atoms with van der Waals surface area (Å²) in [6, 6.07) is 4.22. The molecule has 52 nitrogen and oxygen atoms in total. The second-order valence-corrected chi connectivity index (χ2v) is 36.9. The number of fused-ring (bicyclic) bond motifs is 14. The zero-order valence-corrected chi connectivity index (χ0v) is 77.9. The maximum absolute atomic E-state index is 17.3. The van der Waals surface area contributed by atoms with E-state index in [0.717, 1.165) is 98.1 Å². The van der Waals surface area contributed by atoms with Gasteiger partial charge < -0.3 is 226 Å². The topological polar surface area (TPSA) is 816 Å². The van der Waals surface area contributed by atoms with E-state index < -0.39 is 386 Å². The molecule has 6 saturated heterocycles. The summed E-state index contributed by atoms with van der Waals surface area (Å²) in [6.45, 7) is -0.0572. The Bertz CT molecular complexity index is 6010. The van der Waals surface area contributed by atoms with Crippen molar-refractivity contribution < 1.29 is 217 Å². The van der Waals surface area contributed by atoms with E-state index in [0.29, 0.717) is 0 Å². The molecule has 52 heteroatoms. The van der Waals surface area contributed by atoms with Crippen molar-refractivity contribution in [2.75, 3.05) is 33.5 Å². The number of amides is 6. The van der Waals surface area contributed by atoms with Gasteiger partial charge in [-0.25, -0.2) is 4.79 Å². The van der Waals surface area contributed by atoms with Gasteiger partial charge in [-0.2, -0.15) is 0 Å². The van der Waals surface area contributed by atoms with Crippen LogP contribution in [0.15, 0.2) is 121 Å². The van der Waals surface area contributed by atoms with Gasteiger partial charge in [0.25, 0.3) is 0 Å². The Morgan fingerprint density at radius 3 is 1.53 bits per heavy atom. The number of methoxy groups -OCH3 is 1. The number of aliphatic hydroxyl groups is 17. The molecule has 7 aromatic carbocycles. The summed E-state index contributed by atoms with van der Waals surface area (Å²) in [7, 11) is 0.873. The molecule has 31 N–H and O–H groups in total. The molecule has 19 rings (SSSR count). The van der Waals surface area contributed by atoms with Gasteiger partial charge in [0.15, 0.2) is 60.3 Å². The number of benzene rings is 7. The van der Waals surface area contributed by atoms with E-state index >= 15 is 24.0 Å². The van der Waals surface area contributed by atoms with E-state index in [9.17, 15) is 117 Å². The largest absolute Gasteiger partial charge is 0.508 e. The predicted molar refractivity (Wildman–Crippen MR) is 483 cm³/mol. The van der Waals surface area contributed by atoms with E-state index in [4.69, 9.17) is 87.3 Å². The number of aromatic hydroxyl groups is 4. The molecular formula is C95H110N8O44. The fourth-order valence-electron chi connectivity index (χ4n) is 18.7. The molecule has 794 valence electrons. The van der Waals surface area contributed by atoms with Crippen molar-refractivity contribution in [2.45, 2.75) is 254 Å². The molecule has 12 aliphatic rings. The van der Waals surface area contributed by atoms with Crippen LogP contribution in [-0.2, 0) is 85.7 Å². The molecule has 147 heavy (non-hydrogen) atoms. The highest BCUT2D eigenvalue weighted by Crippen LogP contribution is 2.51. The van der Waals surface area contributed by atoms with Crippen molar-refractivity contribution in [2.24, 2.45) is 11.5 Å². The van der Waals surface area contributed by atoms with Gasteiger partial charge >= 0.3 is 5.97 Å². The van der Waals surface area contributed by atoms with E-state index in [-0.39, 0.29) is 39.5 Å². The van der Waals surface area contributed by atoms with Crippen LogP contribution in [-0.4, -0.2) is 366 Å². The first-order chi connectivity index (χ1) is 70.0. The van der Waals surface area contributed by atoms with E-state index in [2.05, 4.69) is 31.9 Å². The van der Waals surface area contributed by atoms with Crippen molar-refractivity contribution in [3.8, 4) is 80.1 Å². The Balaban J connectivity index is 0.908. The van der Waals surface area contributed by atoms with Crippen LogP contribution in [0, 0.1) is 6.92 Å². The first-order valence-electron chi connectivity index (χ1n) is 46.4. The molecule has 12 heterocycles. The van der Waals surface area contributed by atoms with Crippen molar-refractivity contribution >= 4 is 41.4 Å². The molecule has 6 amide bonds. The summed E-state index contributed by atoms with van der Waals surface area (Å²) in [5.74, 6) is -17.8. The molecule has 0 aromatic heterocycles. The fourth-order valence-corrected chi connectivity index (χ4v) is 18.7. The van der Waals surface area contributed by atoms with Crippen LogP contribution in [0.5, 0.6) is 69.0 Å². The van der Waals surface area contributed by atoms with E-state index in [1.807, 2.05) is 0 Å². The van der Waals surface area contributed by atoms with Crippen LogP contribution in [0.2, 0.25) is 0 Å². The van der Waals surface area contributed by atoms with Crippen molar-refractivity contribution in [1.29, 1.82) is 0 Å². The second kappa shape index (κ2) is 43.6. The number of esters is 1. The number of rotatable bonds is 17. The molecule has 0 radical (unpaired) electrons. The number of hydrogen-bond acceptors (Lipinski definition) is 46. The number of aliphatic hydroxyl groups excluding tert-OH is 17. The minimum atomic E-state index is -2.60. The predicted octanol–water partition coefficient (Wildman–Crippen LogP) is -6.50. The van der Waals surface area contributed by atoms with Crippen molar-refractivity contribution in [1.82, 2.24) is 31.9 Å². The Kier molecular flexibility index (Phi) is 31.5. The number of carbonyl (C=O) groups is 7. The summed E-state index contributed by atoms with van der Waals surface area (Å²) in [5, 5.41) is 256. The average molecular weight is 2070 g/mol. The first kappa shape index (κ1) is 106. The third-order valence-corrected chi connectivity index (χ3v) is 27.2. The molecule has 6 fully saturated rings. The van der Waals surface area contributed by atoms with Crippen LogP contribution in [0.3, 0.4) is 0 Å². The molecule has 1 unspecified atom stereocenters. The number of phenolic OH excluding ortho intramolecular Hbond substituents is 4. The van der Waals surface area contributed by atoms with Crippen molar-refractivity contribution in [3.05, 3.63) is 166 Å². The molecule has 0 saturated carbocycles. The third-order valence-electron chi connectivity index (χ3n) is 27.2. The number of nitrogens with two attached hydrogens (primary N) is 2. The maximum Gasteiger partial charge on any atom is 0.333 e. The summed E-state index contributed by atoms with van der Waals surface area (Å²) in [5.41, 5.74) is 9.22. The SMILES string of the molecule is COC(=O)[C@@H]1NC(=O)[C@H]2NC(=O)[C@H](NC(=O)[C@@H]3NC(=O)[C@H]4NC(=O)[C@H](NC(=O)[C@H](N)c5ccc(O)c(c5)Oc5cc4cc(O)c5C)[C@H](O)c4ccc(cc4)Oc4cc3cc(c4O[C@@H]3O[C@H](CO[C@@H]4O[C@@H](C)[C@H](O)[C@@H](O)[C@H]4O)[C@@H](O)[C@H](O)[C@H]3O[C@H]3O[C@H](CO)[C@@H](O)[C@H](O)[C@@H]3OC3O[C@H](CO)[C@@H](O)[C@@H]3O)Oc3ccc(cc3)[C@H]2O[C@@H]2C[C@@H](N)[C@@H](O)[C@H](C)O2)c2ccc(O)c(c2)-c2c(O[C@@H]3O[C@H](CO)[C@@H](O)[C@H](O)[C@@H]3O)cc(O)cc21. The van der Waals surface area contributed by atoms with Crippen LogP contribution in [0.4, 0.5) is 0 Å². The molecule has 7 aromatic rings. The lowest BCUT2D eigenvalue weighted by atomic mass is 9.89. The normalized spacial score (nSPS) is 36.1. The van der Waals surface area contributed by atoms with Gasteiger partial charge in [0, 0.05) is 40.8 Å². The second-order valence-electron chi connectivity index (χ2n) is 36.9. The van der Waals surface area contributed by atoms with Gasteiger partial charge in [0.05, 0.1) is 51.8 Å². The van der Waals surface area contributed by atoms with Crippen LogP contribution >= 0.6 is 0 Å². The zero-order chi connectivity index (χ0) is 105. The van der Waals surface area contributed by atoms with Crippen LogP contribution in [0.25, 0.3) is 11.1 Å². The Morgan fingerprint density at radius 2 is 0.898 bits per heavy atom. The minimum Gasteiger partial charge on any atom is -0.508 e. The highest BCUT2D eigenvalue weighted by molar-refractivity contribution is 6.00. The first-order valence-corrected chi connectivity index (χ1v) is 46.4. The van der Waals surface area contributed by atoms with Crippen LogP contribution in [0.1, 0.15) is 107 Å². The molecular weight excluding hydrogens is 1960 g/mol. The third kappa shape index (κ3) is 21.3. The average Bonchev–Trinajstić information content (AvgIpc) is 1.05. The molecule has 0 aliphatic carbocycles. The number of ether oxygens (including phenoxy) is 16. The van der Waals surface area contributed by atoms with Crippen molar-refractivity contribution in [3.63, 3.8) is 0 Å². The van der Waals surface area contributed by atoms with Crippen LogP contribution < -0.4 is 67.1 Å². The molecule has 17 bridgehead atoms. The Morgan fingerprint density at radius 1 is 0.408 bits per heavy atom. The zero-order valence-electron chi connectivity index (χ0n) is 77.9. The van der Waals surface area contributed by atoms with Gasteiger partial charge in [0.1, 0.15) is 192 Å². The summed E-state index contributed by atoms with van der Waals surface area (Å²) in [4.78, 5) is 113. The monoisotopic (exact) mass is 2070 g/mol. The van der Waals surface area contributed by atoms with E-state index in [1.54, 1.807) is 0 Å². The summed E-state index contributed by atoms with van der Waals surface area (Å²) in [6.07, 6.45) is -58.2. The fraction of sp³-hybridized carbons (Fsp3) is 0.484. The molecule has 37 atom stereocenters. The number of hydrogen-bond donors (Lipinski definition) is 29. The lowest BCUT2D eigenvalue weighted by Gasteiger charge is -2.47. The highest BCUT2D eigenvalue weighted by atomic mass is 16.8. The molecule has 12 aliphatic heterocycles. The maximum atomic E-state index is 17.3. The van der Waals surface area contributed by atoms with Gasteiger partial charge in [-0.3, -0.25) is 28.8 Å². The quantitative estimate of drug-likeness (QED) is 0.0377. The number of phenols is 4. The summed E-state index contributed by atoms with van der Waals surface area (Å²) < 4.78 is 99.8. The highest BCUT2D eigenvalue weighted by Gasteiger charge is 2.58. The minimum absolute atomic E-state index is 0.0673. The van der Waals surface area contributed by atoms with Gasteiger partial charge in [-0.15, -0.1) is 0 Å². The van der Waals surface area contributed by atoms with Gasteiger partial charge in [0.2, 0.25) is 53.8 Å². The molecule has 0 spiro atoms. The Labute approximate surface area is 831 Å². The standard InChI is InChI=1S/C95H110N8O44/c1-30-47(110)18-37-20-48(30)138-49-19-35(9-16-46(49)109)59(97)84(125)102-64-68(113)33-5-11-40(12-6-33)136-51-21-38-22-52(81(51)145-95-83(76(121)72(117)56(143-95)29-133-91-78(123)73(118)67(112)32(3)135-91)147-94-82(75(120)70(115)54(27-105)142-94)146-93-77(122)71(116)55(28-106)141-93)137-41-13-7-34(8-14-41)80(144-57-25-44(96)66(111)31(2)134-57)65-89(130)101-63(90(131)132-4)43-23-39(107)24-50(139-92-79(124)74(119)69(114)53(26-104)140-92)58(43)42-17-36(10-15-45(42)108)60(85(126)103-65)98-87(128)62(38)99-86(127)61(37)100-88(64)129/h5-24,31-32,44,53-57,59-80,82-83,91-95,104-124H,25-29,96-97H2,1-4H3,(H,98,128)(H,99,127)(H,100,129)(H,101,130)(H,102,125)(H,103,126)/t31-,32-,44+,53+,54+,55+,56+,57+,59+,60+,61-,62+,63+,64+,65-,66-,67-,68+,69+,70+,71+,72+,73+,74-,75-,76-,77-,78+,79-,80+,82-,83+,91+,92+,93?,94+,95-/m0/s1. The van der Waals surface area contributed by atoms with E-state index in [1.165, 1.54) is 51.1 Å². The number of carbonyl (C=O) groups excluding carboxylic acids is 7. The lowest BCUT2D eigenvalue weighted by Crippen LogP contribution is -2.66. The lowest BCUT2D eigenvalue weighted by molar-refractivity contribution is -0.377. The summed E-state index contributed by atoms with van der Waals surface area (Å²) >= 11 is 0.